The van der Waals surface area contributed by atoms with Crippen LogP contribution in [-0.4, -0.2) is 42.4 Å². The van der Waals surface area contributed by atoms with E-state index in [0.29, 0.717) is 32.6 Å². The molecule has 1 rings (SSSR count). The molecule has 0 aromatic heterocycles. The van der Waals surface area contributed by atoms with Crippen molar-refractivity contribution >= 4 is 11.7 Å². The van der Waals surface area contributed by atoms with Gasteiger partial charge in [-0.1, -0.05) is 0 Å². The molecule has 1 saturated heterocycles. The zero-order valence-corrected chi connectivity index (χ0v) is 8.78. The summed E-state index contributed by atoms with van der Waals surface area (Å²) in [6.07, 6.45) is 0.873. The van der Waals surface area contributed by atoms with E-state index in [1.54, 1.807) is 11.8 Å². The summed E-state index contributed by atoms with van der Waals surface area (Å²) < 4.78 is 5.27. The van der Waals surface area contributed by atoms with Crippen molar-refractivity contribution < 1.29 is 14.3 Å². The lowest BCUT2D eigenvalue weighted by atomic mass is 10.2. The van der Waals surface area contributed by atoms with E-state index >= 15 is 0 Å². The first kappa shape index (κ1) is 11.2. The number of Topliss-reactive ketones (excluding diaryl/α,β-unsaturated/α-hetero) is 1. The Bertz CT molecular complexity index is 227. The molecule has 0 aliphatic carbocycles. The van der Waals surface area contributed by atoms with Crippen LogP contribution in [0.4, 0.5) is 0 Å². The summed E-state index contributed by atoms with van der Waals surface area (Å²) >= 11 is 0. The topological polar surface area (TPSA) is 46.6 Å². The molecule has 1 amide bonds. The van der Waals surface area contributed by atoms with Crippen LogP contribution in [0.2, 0.25) is 0 Å². The molecule has 0 spiro atoms. The molecule has 1 fully saturated rings. The van der Waals surface area contributed by atoms with Crippen LogP contribution in [0.25, 0.3) is 0 Å². The number of amides is 1. The zero-order chi connectivity index (χ0) is 10.6. The van der Waals surface area contributed by atoms with E-state index in [-0.39, 0.29) is 17.7 Å². The molecule has 1 aliphatic rings. The lowest BCUT2D eigenvalue weighted by Crippen LogP contribution is -2.40. The first-order valence-electron chi connectivity index (χ1n) is 4.98. The van der Waals surface area contributed by atoms with Crippen molar-refractivity contribution in [1.82, 2.24) is 4.90 Å². The summed E-state index contributed by atoms with van der Waals surface area (Å²) in [7, 11) is 0. The molecule has 0 N–H and O–H groups in total. The second-order valence-corrected chi connectivity index (χ2v) is 3.71. The number of hydrogen-bond acceptors (Lipinski definition) is 3. The fourth-order valence-corrected chi connectivity index (χ4v) is 1.52. The van der Waals surface area contributed by atoms with Gasteiger partial charge in [-0.05, 0) is 13.8 Å². The molecule has 1 unspecified atom stereocenters. The highest BCUT2D eigenvalue weighted by Gasteiger charge is 2.22. The molecule has 1 heterocycles. The number of carbonyl (C=O) groups excluding carboxylic acids is 2. The van der Waals surface area contributed by atoms with Gasteiger partial charge in [0.05, 0.1) is 25.7 Å². The number of ether oxygens (including phenoxy) is 1. The highest BCUT2D eigenvalue weighted by molar-refractivity contribution is 5.79. The molecular formula is C10H17NO3. The van der Waals surface area contributed by atoms with E-state index in [1.165, 1.54) is 0 Å². The number of carbonyl (C=O) groups is 2. The molecule has 1 atom stereocenters. The van der Waals surface area contributed by atoms with Crippen LogP contribution in [0.5, 0.6) is 0 Å². The van der Waals surface area contributed by atoms with Gasteiger partial charge in [-0.25, -0.2) is 0 Å². The van der Waals surface area contributed by atoms with Crippen LogP contribution in [0, 0.1) is 0 Å². The van der Waals surface area contributed by atoms with Gasteiger partial charge in [0.1, 0.15) is 5.78 Å². The maximum absolute atomic E-state index is 11.6. The van der Waals surface area contributed by atoms with Gasteiger partial charge in [-0.15, -0.1) is 0 Å². The molecule has 4 nitrogen and oxygen atoms in total. The summed E-state index contributed by atoms with van der Waals surface area (Å²) in [5.74, 6) is 0.214. The predicted octanol–water partition coefficient (Wildman–Crippen LogP) is 0.603. The molecule has 0 aromatic rings. The Hall–Kier alpha value is -0.900. The first-order valence-corrected chi connectivity index (χ1v) is 4.98. The second kappa shape index (κ2) is 5.10. The Morgan fingerprint density at radius 2 is 2.36 bits per heavy atom. The van der Waals surface area contributed by atoms with Crippen molar-refractivity contribution in [1.29, 1.82) is 0 Å². The number of ketones is 1. The number of nitrogens with zero attached hydrogens (tertiary/aromatic N) is 1. The molecular weight excluding hydrogens is 182 g/mol. The third kappa shape index (κ3) is 3.10. The summed E-state index contributed by atoms with van der Waals surface area (Å²) in [4.78, 5) is 24.1. The van der Waals surface area contributed by atoms with E-state index in [4.69, 9.17) is 4.74 Å². The van der Waals surface area contributed by atoms with Crippen LogP contribution < -0.4 is 0 Å². The van der Waals surface area contributed by atoms with E-state index in [1.807, 2.05) is 6.92 Å². The predicted molar refractivity (Wildman–Crippen MR) is 51.9 cm³/mol. The minimum Gasteiger partial charge on any atom is -0.379 e. The Labute approximate surface area is 84.2 Å². The van der Waals surface area contributed by atoms with Crippen LogP contribution in [0.15, 0.2) is 0 Å². The molecule has 0 radical (unpaired) electrons. The molecule has 4 heteroatoms. The second-order valence-electron chi connectivity index (χ2n) is 3.71. The lowest BCUT2D eigenvalue weighted by molar-refractivity contribution is -0.132. The first-order chi connectivity index (χ1) is 6.61. The summed E-state index contributed by atoms with van der Waals surface area (Å²) in [6.45, 7) is 5.09. The van der Waals surface area contributed by atoms with Crippen molar-refractivity contribution in [2.45, 2.75) is 32.7 Å². The van der Waals surface area contributed by atoms with Gasteiger partial charge in [0, 0.05) is 13.0 Å². The monoisotopic (exact) mass is 199 g/mol. The average molecular weight is 199 g/mol. The summed E-state index contributed by atoms with van der Waals surface area (Å²) in [5, 5.41) is 0. The molecule has 0 aromatic carbocycles. The minimum atomic E-state index is 0.0874. The smallest absolute Gasteiger partial charge is 0.225 e. The molecule has 14 heavy (non-hydrogen) atoms. The van der Waals surface area contributed by atoms with Crippen LogP contribution >= 0.6 is 0 Å². The Balaban J connectivity index is 2.51. The third-order valence-corrected chi connectivity index (χ3v) is 2.38. The lowest BCUT2D eigenvalue weighted by Gasteiger charge is -2.25. The normalized spacial score (nSPS) is 23.4. The van der Waals surface area contributed by atoms with E-state index in [2.05, 4.69) is 0 Å². The highest BCUT2D eigenvalue weighted by atomic mass is 16.5. The zero-order valence-electron chi connectivity index (χ0n) is 8.78. The molecule has 1 aliphatic heterocycles. The van der Waals surface area contributed by atoms with Gasteiger partial charge < -0.3 is 9.64 Å². The van der Waals surface area contributed by atoms with Gasteiger partial charge in [-0.2, -0.15) is 0 Å². The van der Waals surface area contributed by atoms with E-state index in [9.17, 15) is 9.59 Å². The van der Waals surface area contributed by atoms with Crippen LogP contribution in [-0.2, 0) is 14.3 Å². The summed E-state index contributed by atoms with van der Waals surface area (Å²) in [5.41, 5.74) is 0. The molecule has 0 bridgehead atoms. The van der Waals surface area contributed by atoms with Crippen molar-refractivity contribution in [2.24, 2.45) is 0 Å². The highest BCUT2D eigenvalue weighted by Crippen LogP contribution is 2.09. The van der Waals surface area contributed by atoms with Gasteiger partial charge in [-0.3, -0.25) is 9.59 Å². The maximum Gasteiger partial charge on any atom is 0.225 e. The van der Waals surface area contributed by atoms with Gasteiger partial charge in [0.15, 0.2) is 0 Å². The summed E-state index contributed by atoms with van der Waals surface area (Å²) in [6, 6.07) is 0.0874. The van der Waals surface area contributed by atoms with Crippen molar-refractivity contribution in [3.63, 3.8) is 0 Å². The minimum absolute atomic E-state index is 0.0874. The Morgan fingerprint density at radius 1 is 1.64 bits per heavy atom. The van der Waals surface area contributed by atoms with Gasteiger partial charge in [0.25, 0.3) is 0 Å². The Morgan fingerprint density at radius 3 is 3.00 bits per heavy atom. The third-order valence-electron chi connectivity index (χ3n) is 2.38. The molecule has 80 valence electrons. The SMILES string of the molecule is CC(=O)CCN1C(=O)CCOCC1C. The fourth-order valence-electron chi connectivity index (χ4n) is 1.52. The van der Waals surface area contributed by atoms with Gasteiger partial charge in [0.2, 0.25) is 5.91 Å². The fraction of sp³-hybridized carbons (Fsp3) is 0.800. The average Bonchev–Trinajstić information content (AvgIpc) is 2.25. The quantitative estimate of drug-likeness (QED) is 0.668. The van der Waals surface area contributed by atoms with Crippen LogP contribution in [0.1, 0.15) is 26.7 Å². The van der Waals surface area contributed by atoms with Gasteiger partial charge >= 0.3 is 0 Å². The largest absolute Gasteiger partial charge is 0.379 e. The molecule has 0 saturated carbocycles. The van der Waals surface area contributed by atoms with Crippen molar-refractivity contribution in [3.05, 3.63) is 0 Å². The van der Waals surface area contributed by atoms with E-state index in [0.717, 1.165) is 0 Å². The standard InChI is InChI=1S/C10H17NO3/c1-8-7-14-6-4-10(13)11(8)5-3-9(2)12/h8H,3-7H2,1-2H3. The Kier molecular flexibility index (Phi) is 4.07. The van der Waals surface area contributed by atoms with Crippen LogP contribution in [0.3, 0.4) is 0 Å². The maximum atomic E-state index is 11.6. The number of hydrogen-bond donors (Lipinski definition) is 0. The van der Waals surface area contributed by atoms with E-state index < -0.39 is 0 Å². The van der Waals surface area contributed by atoms with Crippen molar-refractivity contribution in [2.75, 3.05) is 19.8 Å². The number of rotatable bonds is 3. The van der Waals surface area contributed by atoms with Crippen molar-refractivity contribution in [3.8, 4) is 0 Å².